The quantitative estimate of drug-likeness (QED) is 0.781. The van der Waals surface area contributed by atoms with E-state index in [1.54, 1.807) is 6.07 Å². The van der Waals surface area contributed by atoms with Crippen LogP contribution in [-0.4, -0.2) is 24.3 Å². The number of carbonyl (C=O) groups is 1. The molecule has 0 fully saturated rings. The molecule has 3 rings (SSSR count). The van der Waals surface area contributed by atoms with Crippen LogP contribution < -0.4 is 19.7 Å². The highest BCUT2D eigenvalue weighted by atomic mass is 16.8. The summed E-state index contributed by atoms with van der Waals surface area (Å²) in [6.07, 6.45) is 1.72. The van der Waals surface area contributed by atoms with E-state index in [1.165, 1.54) is 6.92 Å². The zero-order valence-electron chi connectivity index (χ0n) is 10.8. The zero-order valence-corrected chi connectivity index (χ0v) is 10.8. The molecule has 1 N–H and O–H groups in total. The van der Waals surface area contributed by atoms with E-state index in [9.17, 15) is 10.0 Å². The van der Waals surface area contributed by atoms with Gasteiger partial charge in [0.25, 0.3) is 11.0 Å². The van der Waals surface area contributed by atoms with Crippen molar-refractivity contribution in [1.82, 2.24) is 5.16 Å². The summed E-state index contributed by atoms with van der Waals surface area (Å²) >= 11 is 0. The van der Waals surface area contributed by atoms with Gasteiger partial charge in [0.2, 0.25) is 11.7 Å². The second-order valence-corrected chi connectivity index (χ2v) is 4.46. The Kier molecular flexibility index (Phi) is 3.05. The van der Waals surface area contributed by atoms with Gasteiger partial charge in [0.15, 0.2) is 5.75 Å². The largest absolute Gasteiger partial charge is 0.489 e. The van der Waals surface area contributed by atoms with Gasteiger partial charge in [-0.25, -0.2) is 0 Å². The molecule has 1 aromatic heterocycles. The first-order valence-corrected chi connectivity index (χ1v) is 6.26. The predicted octanol–water partition coefficient (Wildman–Crippen LogP) is 0.971. The normalized spacial score (nSPS) is 14.7. The summed E-state index contributed by atoms with van der Waals surface area (Å²) in [7, 11) is 0. The van der Waals surface area contributed by atoms with Crippen LogP contribution in [0.5, 0.6) is 11.5 Å². The fourth-order valence-electron chi connectivity index (χ4n) is 2.10. The van der Waals surface area contributed by atoms with Gasteiger partial charge in [0.05, 0.1) is 18.4 Å². The van der Waals surface area contributed by atoms with Crippen LogP contribution in [-0.2, 0) is 4.79 Å². The second kappa shape index (κ2) is 4.87. The van der Waals surface area contributed by atoms with E-state index in [1.807, 2.05) is 0 Å². The molecular formula is C12H13N3O5. The molecule has 1 amide bonds. The van der Waals surface area contributed by atoms with Gasteiger partial charge >= 0.3 is 0 Å². The van der Waals surface area contributed by atoms with Gasteiger partial charge in [-0.3, -0.25) is 9.42 Å². The number of anilines is 1. The Morgan fingerprint density at radius 3 is 2.90 bits per heavy atom. The van der Waals surface area contributed by atoms with Crippen molar-refractivity contribution < 1.29 is 23.8 Å². The van der Waals surface area contributed by atoms with E-state index in [0.717, 1.165) is 12.8 Å². The number of hydrogen-bond acceptors (Lipinski definition) is 6. The van der Waals surface area contributed by atoms with Crippen molar-refractivity contribution in [2.45, 2.75) is 19.8 Å². The molecule has 8 heteroatoms. The lowest BCUT2D eigenvalue weighted by Gasteiger charge is -2.16. The first kappa shape index (κ1) is 12.5. The van der Waals surface area contributed by atoms with E-state index >= 15 is 0 Å². The average molecular weight is 279 g/mol. The monoisotopic (exact) mass is 279 g/mol. The first-order valence-electron chi connectivity index (χ1n) is 6.26. The number of rotatable bonds is 1. The molecule has 106 valence electrons. The van der Waals surface area contributed by atoms with Crippen molar-refractivity contribution in [3.63, 3.8) is 0 Å². The van der Waals surface area contributed by atoms with Gasteiger partial charge < -0.3 is 20.0 Å². The number of fused-ring (bicyclic) bond motifs is 3. The molecule has 0 unspecified atom stereocenters. The molecule has 20 heavy (non-hydrogen) atoms. The van der Waals surface area contributed by atoms with Gasteiger partial charge in [0, 0.05) is 13.0 Å². The lowest BCUT2D eigenvalue weighted by molar-refractivity contribution is -0.781. The Morgan fingerprint density at radius 2 is 2.15 bits per heavy atom. The molecule has 1 aliphatic heterocycles. The molecule has 0 aliphatic carbocycles. The van der Waals surface area contributed by atoms with E-state index in [0.29, 0.717) is 24.7 Å². The van der Waals surface area contributed by atoms with Gasteiger partial charge in [-0.1, -0.05) is 0 Å². The van der Waals surface area contributed by atoms with Crippen molar-refractivity contribution in [2.24, 2.45) is 0 Å². The topological polar surface area (TPSA) is 101 Å². The smallest absolute Gasteiger partial charge is 0.296 e. The van der Waals surface area contributed by atoms with E-state index in [4.69, 9.17) is 9.47 Å². The third-order valence-corrected chi connectivity index (χ3v) is 2.94. The number of hydrogen-bond donors (Lipinski definition) is 1. The molecule has 0 atom stereocenters. The van der Waals surface area contributed by atoms with Crippen LogP contribution in [0.4, 0.5) is 5.69 Å². The lowest BCUT2D eigenvalue weighted by Crippen LogP contribution is -2.24. The van der Waals surface area contributed by atoms with Gasteiger partial charge in [-0.05, 0) is 17.7 Å². The summed E-state index contributed by atoms with van der Waals surface area (Å²) in [4.78, 5) is 11.5. The van der Waals surface area contributed by atoms with Crippen LogP contribution >= 0.6 is 0 Å². The molecular weight excluding hydrogens is 266 g/mol. The van der Waals surface area contributed by atoms with E-state index in [2.05, 4.69) is 15.1 Å². The SMILES string of the molecule is CC(=O)Nc1cc2c(c3no[n+]([O-])c13)OCCCCO2. The summed E-state index contributed by atoms with van der Waals surface area (Å²) in [5, 5.41) is 17.9. The highest BCUT2D eigenvalue weighted by molar-refractivity contribution is 6.00. The maximum Gasteiger partial charge on any atom is 0.296 e. The molecule has 2 aromatic rings. The van der Waals surface area contributed by atoms with Crippen LogP contribution in [0, 0.1) is 5.21 Å². The number of aromatic nitrogens is 2. The molecule has 2 heterocycles. The van der Waals surface area contributed by atoms with Crippen LogP contribution in [0.25, 0.3) is 11.0 Å². The van der Waals surface area contributed by atoms with Gasteiger partial charge in [-0.2, -0.15) is 0 Å². The minimum Gasteiger partial charge on any atom is -0.489 e. The minimum absolute atomic E-state index is 0.114. The lowest BCUT2D eigenvalue weighted by atomic mass is 10.2. The highest BCUT2D eigenvalue weighted by Crippen LogP contribution is 2.39. The number of nitrogens with zero attached hydrogens (tertiary/aromatic N) is 2. The number of carbonyl (C=O) groups excluding carboxylic acids is 1. The van der Waals surface area contributed by atoms with Gasteiger partial charge in [0.1, 0.15) is 5.69 Å². The van der Waals surface area contributed by atoms with Crippen LogP contribution in [0.2, 0.25) is 0 Å². The van der Waals surface area contributed by atoms with Gasteiger partial charge in [-0.15, -0.1) is 0 Å². The van der Waals surface area contributed by atoms with Crippen LogP contribution in [0.1, 0.15) is 19.8 Å². The van der Waals surface area contributed by atoms with Crippen molar-refractivity contribution in [3.8, 4) is 11.5 Å². The maximum atomic E-state index is 11.7. The van der Waals surface area contributed by atoms with E-state index < -0.39 is 0 Å². The molecule has 8 nitrogen and oxygen atoms in total. The molecule has 0 bridgehead atoms. The Hall–Kier alpha value is -2.51. The fraction of sp³-hybridized carbons (Fsp3) is 0.417. The number of nitrogens with one attached hydrogen (secondary N) is 1. The van der Waals surface area contributed by atoms with Crippen molar-refractivity contribution in [1.29, 1.82) is 0 Å². The summed E-state index contributed by atoms with van der Waals surface area (Å²) in [5.41, 5.74) is 0.637. The number of amides is 1. The Bertz CT molecular complexity index is 667. The average Bonchev–Trinajstić information content (AvgIpc) is 2.73. The third kappa shape index (κ3) is 2.09. The summed E-state index contributed by atoms with van der Waals surface area (Å²) in [6, 6.07) is 1.55. The Labute approximate surface area is 113 Å². The maximum absolute atomic E-state index is 11.7. The molecule has 1 aromatic carbocycles. The number of benzene rings is 1. The third-order valence-electron chi connectivity index (χ3n) is 2.94. The highest BCUT2D eigenvalue weighted by Gasteiger charge is 2.26. The summed E-state index contributed by atoms with van der Waals surface area (Å²) in [6.45, 7) is 2.40. The second-order valence-electron chi connectivity index (χ2n) is 4.46. The first-order chi connectivity index (χ1) is 9.66. The summed E-state index contributed by atoms with van der Waals surface area (Å²) in [5.74, 6) is 0.501. The molecule has 0 radical (unpaired) electrons. The minimum atomic E-state index is -0.306. The summed E-state index contributed by atoms with van der Waals surface area (Å²) < 4.78 is 15.8. The Balaban J connectivity index is 2.21. The number of ether oxygens (including phenoxy) is 2. The van der Waals surface area contributed by atoms with Crippen LogP contribution in [0.15, 0.2) is 10.7 Å². The van der Waals surface area contributed by atoms with Crippen molar-refractivity contribution in [2.75, 3.05) is 18.5 Å². The molecule has 0 saturated heterocycles. The Morgan fingerprint density at radius 1 is 1.40 bits per heavy atom. The molecule has 1 aliphatic rings. The van der Waals surface area contributed by atoms with Crippen LogP contribution in [0.3, 0.4) is 0 Å². The molecule has 0 spiro atoms. The van der Waals surface area contributed by atoms with Crippen molar-refractivity contribution >= 4 is 22.6 Å². The van der Waals surface area contributed by atoms with Crippen molar-refractivity contribution in [3.05, 3.63) is 11.3 Å². The van der Waals surface area contributed by atoms with E-state index in [-0.39, 0.29) is 27.5 Å². The predicted molar refractivity (Wildman–Crippen MR) is 67.5 cm³/mol. The molecule has 0 saturated carbocycles. The standard InChI is InChI=1S/C12H13N3O5/c1-7(16)13-8-6-9-12(19-5-3-2-4-18-9)10-11(8)15(17)20-14-10/h6H,2-5H2,1H3,(H,13,16). The zero-order chi connectivity index (χ0) is 14.1. The fourth-order valence-corrected chi connectivity index (χ4v) is 2.10.